The third-order valence-electron chi connectivity index (χ3n) is 6.32. The van der Waals surface area contributed by atoms with Crippen molar-refractivity contribution in [2.45, 2.75) is 44.2 Å². The number of likely N-dealkylation sites (N-methyl/N-ethyl adjacent to an activating group) is 1. The third-order valence-corrected chi connectivity index (χ3v) is 6.32. The van der Waals surface area contributed by atoms with E-state index < -0.39 is 17.9 Å². The van der Waals surface area contributed by atoms with E-state index in [2.05, 4.69) is 10.6 Å². The van der Waals surface area contributed by atoms with Crippen molar-refractivity contribution in [1.82, 2.24) is 20.4 Å². The lowest BCUT2D eigenvalue weighted by Crippen LogP contribution is -2.51. The minimum Gasteiger partial charge on any atom is -0.491 e. The zero-order valence-corrected chi connectivity index (χ0v) is 18.3. The molecule has 0 radical (unpaired) electrons. The predicted octanol–water partition coefficient (Wildman–Crippen LogP) is 0.543. The Hall–Kier alpha value is -3.10. The molecule has 9 heteroatoms. The Morgan fingerprint density at radius 3 is 2.72 bits per heavy atom. The molecule has 2 heterocycles. The molecule has 1 aliphatic carbocycles. The van der Waals surface area contributed by atoms with Crippen molar-refractivity contribution in [2.75, 3.05) is 33.3 Å². The van der Waals surface area contributed by atoms with Crippen molar-refractivity contribution in [2.24, 2.45) is 5.92 Å². The molecular weight excluding hydrogens is 412 g/mol. The quantitative estimate of drug-likeness (QED) is 0.711. The summed E-state index contributed by atoms with van der Waals surface area (Å²) in [6.07, 6.45) is 3.59. The van der Waals surface area contributed by atoms with Gasteiger partial charge in [0.2, 0.25) is 17.7 Å². The molecule has 4 rings (SSSR count). The van der Waals surface area contributed by atoms with Crippen LogP contribution < -0.4 is 15.4 Å². The minimum absolute atomic E-state index is 0.0731. The molecule has 0 unspecified atom stereocenters. The molecular formula is C23H30N4O5. The highest BCUT2D eigenvalue weighted by Crippen LogP contribution is 2.27. The van der Waals surface area contributed by atoms with Crippen LogP contribution in [0.3, 0.4) is 0 Å². The fraction of sp³-hybridized carbons (Fsp3) is 0.565. The lowest BCUT2D eigenvalue weighted by molar-refractivity contribution is -0.141. The number of ether oxygens (including phenoxy) is 1. The normalized spacial score (nSPS) is 24.7. The van der Waals surface area contributed by atoms with Gasteiger partial charge in [0.25, 0.3) is 5.91 Å². The Morgan fingerprint density at radius 2 is 1.94 bits per heavy atom. The van der Waals surface area contributed by atoms with Crippen LogP contribution in [0.5, 0.6) is 5.75 Å². The standard InChI is InChI=1S/C23H30N4O5/c1-26-13-21(29)27-10-4-5-16(27)14-32-19-7-3-2-6-17(19)22(30)25-18(11-20(26)28)23(31)24-12-15-8-9-15/h2-3,6-7,15-16,18H,4-5,8-14H2,1H3,(H,24,31)(H,25,30)/t16-,18+/m1/s1. The summed E-state index contributed by atoms with van der Waals surface area (Å²) in [6, 6.07) is 5.67. The topological polar surface area (TPSA) is 108 Å². The zero-order valence-electron chi connectivity index (χ0n) is 18.3. The van der Waals surface area contributed by atoms with Gasteiger partial charge in [0.1, 0.15) is 18.4 Å². The molecule has 172 valence electrons. The second kappa shape index (κ2) is 9.58. The summed E-state index contributed by atoms with van der Waals surface area (Å²) in [7, 11) is 1.55. The first-order chi connectivity index (χ1) is 15.4. The van der Waals surface area contributed by atoms with Gasteiger partial charge in [-0.05, 0) is 43.7 Å². The molecule has 2 atom stereocenters. The number of nitrogens with zero attached hydrogens (tertiary/aromatic N) is 2. The number of para-hydroxylation sites is 1. The summed E-state index contributed by atoms with van der Waals surface area (Å²) in [5.41, 5.74) is 0.293. The third kappa shape index (κ3) is 5.20. The highest BCUT2D eigenvalue weighted by Gasteiger charge is 2.33. The Labute approximate surface area is 187 Å². The molecule has 0 aromatic heterocycles. The van der Waals surface area contributed by atoms with Crippen LogP contribution in [0.2, 0.25) is 0 Å². The van der Waals surface area contributed by atoms with Crippen LogP contribution in [-0.4, -0.2) is 78.8 Å². The first-order valence-electron chi connectivity index (χ1n) is 11.3. The van der Waals surface area contributed by atoms with Gasteiger partial charge in [-0.2, -0.15) is 0 Å². The van der Waals surface area contributed by atoms with Gasteiger partial charge in [-0.15, -0.1) is 0 Å². The molecule has 1 saturated carbocycles. The summed E-state index contributed by atoms with van der Waals surface area (Å²) in [4.78, 5) is 54.6. The van der Waals surface area contributed by atoms with Crippen molar-refractivity contribution in [3.63, 3.8) is 0 Å². The van der Waals surface area contributed by atoms with E-state index in [4.69, 9.17) is 4.74 Å². The van der Waals surface area contributed by atoms with E-state index in [-0.39, 0.29) is 37.4 Å². The smallest absolute Gasteiger partial charge is 0.255 e. The van der Waals surface area contributed by atoms with Crippen LogP contribution in [0, 0.1) is 5.92 Å². The fourth-order valence-corrected chi connectivity index (χ4v) is 4.15. The zero-order chi connectivity index (χ0) is 22.7. The summed E-state index contributed by atoms with van der Waals surface area (Å²) >= 11 is 0. The first kappa shape index (κ1) is 22.1. The average molecular weight is 443 g/mol. The van der Waals surface area contributed by atoms with Gasteiger partial charge in [0.15, 0.2) is 0 Å². The van der Waals surface area contributed by atoms with Crippen molar-refractivity contribution >= 4 is 23.6 Å². The van der Waals surface area contributed by atoms with Gasteiger partial charge in [-0.1, -0.05) is 12.1 Å². The number of hydrogen-bond acceptors (Lipinski definition) is 5. The van der Waals surface area contributed by atoms with Gasteiger partial charge >= 0.3 is 0 Å². The summed E-state index contributed by atoms with van der Waals surface area (Å²) in [6.45, 7) is 1.34. The minimum atomic E-state index is -1.04. The van der Waals surface area contributed by atoms with Gasteiger partial charge in [-0.3, -0.25) is 19.2 Å². The van der Waals surface area contributed by atoms with Crippen molar-refractivity contribution in [3.05, 3.63) is 29.8 Å². The number of hydrogen-bond donors (Lipinski definition) is 2. The predicted molar refractivity (Wildman–Crippen MR) is 116 cm³/mol. The Kier molecular flexibility index (Phi) is 6.62. The molecule has 3 aliphatic rings. The monoisotopic (exact) mass is 442 g/mol. The molecule has 2 N–H and O–H groups in total. The largest absolute Gasteiger partial charge is 0.491 e. The van der Waals surface area contributed by atoms with Gasteiger partial charge in [-0.25, -0.2) is 0 Å². The fourth-order valence-electron chi connectivity index (χ4n) is 4.15. The summed E-state index contributed by atoms with van der Waals surface area (Å²) in [5, 5.41) is 5.54. The molecule has 32 heavy (non-hydrogen) atoms. The highest BCUT2D eigenvalue weighted by atomic mass is 16.5. The van der Waals surface area contributed by atoms with Gasteiger partial charge in [0, 0.05) is 20.1 Å². The number of benzene rings is 1. The highest BCUT2D eigenvalue weighted by molar-refractivity contribution is 6.01. The van der Waals surface area contributed by atoms with Crippen molar-refractivity contribution in [1.29, 1.82) is 0 Å². The first-order valence-corrected chi connectivity index (χ1v) is 11.3. The molecule has 0 spiro atoms. The maximum atomic E-state index is 13.0. The molecule has 2 aliphatic heterocycles. The molecule has 0 bridgehead atoms. The van der Waals surface area contributed by atoms with E-state index >= 15 is 0 Å². The van der Waals surface area contributed by atoms with Crippen LogP contribution in [-0.2, 0) is 14.4 Å². The molecule has 1 aromatic carbocycles. The number of carbonyl (C=O) groups excluding carboxylic acids is 4. The maximum absolute atomic E-state index is 13.0. The van der Waals surface area contributed by atoms with Gasteiger partial charge < -0.3 is 25.2 Å². The summed E-state index contributed by atoms with van der Waals surface area (Å²) in [5.74, 6) is -0.533. The number of nitrogens with one attached hydrogen (secondary N) is 2. The van der Waals surface area contributed by atoms with E-state index in [1.165, 1.54) is 4.90 Å². The van der Waals surface area contributed by atoms with Crippen LogP contribution in [0.25, 0.3) is 0 Å². The van der Waals surface area contributed by atoms with E-state index in [9.17, 15) is 19.2 Å². The van der Waals surface area contributed by atoms with Crippen molar-refractivity contribution < 1.29 is 23.9 Å². The van der Waals surface area contributed by atoms with Crippen LogP contribution >= 0.6 is 0 Å². The molecule has 1 aromatic rings. The second-order valence-electron chi connectivity index (χ2n) is 8.86. The lowest BCUT2D eigenvalue weighted by Gasteiger charge is -2.29. The summed E-state index contributed by atoms with van der Waals surface area (Å²) < 4.78 is 5.96. The van der Waals surface area contributed by atoms with E-state index in [0.29, 0.717) is 30.3 Å². The van der Waals surface area contributed by atoms with Crippen LogP contribution in [0.1, 0.15) is 42.5 Å². The average Bonchev–Trinajstić information content (AvgIpc) is 3.49. The SMILES string of the molecule is CN1CC(=O)N2CCC[C@@H]2COc2ccccc2C(=O)N[C@H](C(=O)NCC2CC2)CC1=O. The van der Waals surface area contributed by atoms with Crippen LogP contribution in [0.15, 0.2) is 24.3 Å². The number of fused-ring (bicyclic) bond motifs is 2. The maximum Gasteiger partial charge on any atom is 0.255 e. The number of rotatable bonds is 3. The molecule has 2 fully saturated rings. The molecule has 1 saturated heterocycles. The Balaban J connectivity index is 1.59. The van der Waals surface area contributed by atoms with Crippen molar-refractivity contribution in [3.8, 4) is 5.75 Å². The Bertz CT molecular complexity index is 900. The molecule has 4 amide bonds. The van der Waals surface area contributed by atoms with Gasteiger partial charge in [0.05, 0.1) is 24.6 Å². The van der Waals surface area contributed by atoms with E-state index in [1.54, 1.807) is 36.2 Å². The number of amides is 4. The molecule has 9 nitrogen and oxygen atoms in total. The van der Waals surface area contributed by atoms with Crippen LogP contribution in [0.4, 0.5) is 0 Å². The lowest BCUT2D eigenvalue weighted by atomic mass is 10.1. The Morgan fingerprint density at radius 1 is 1.16 bits per heavy atom. The van der Waals surface area contributed by atoms with E-state index in [1.807, 2.05) is 0 Å². The second-order valence-corrected chi connectivity index (χ2v) is 8.86. The van der Waals surface area contributed by atoms with E-state index in [0.717, 1.165) is 25.7 Å². The number of carbonyl (C=O) groups is 4.